The highest BCUT2D eigenvalue weighted by atomic mass is 79.9. The molecule has 1 aliphatic carbocycles. The third kappa shape index (κ3) is 4.36. The molecule has 3 heteroatoms. The van der Waals surface area contributed by atoms with E-state index in [1.807, 2.05) is 12.1 Å². The Bertz CT molecular complexity index is 632. The molecule has 0 aromatic heterocycles. The molecule has 2 nitrogen and oxygen atoms in total. The van der Waals surface area contributed by atoms with Gasteiger partial charge in [0.1, 0.15) is 5.75 Å². The van der Waals surface area contributed by atoms with Crippen LogP contribution in [-0.4, -0.2) is 13.2 Å². The van der Waals surface area contributed by atoms with Crippen LogP contribution in [0.15, 0.2) is 53.0 Å². The van der Waals surface area contributed by atoms with Gasteiger partial charge < -0.3 is 9.47 Å². The average molecular weight is 375 g/mol. The lowest BCUT2D eigenvalue weighted by molar-refractivity contribution is 0.100. The number of hydrogen-bond donors (Lipinski definition) is 0. The predicted octanol–water partition coefficient (Wildman–Crippen LogP) is 5.49. The Labute approximate surface area is 146 Å². The van der Waals surface area contributed by atoms with E-state index in [1.165, 1.54) is 24.0 Å². The first kappa shape index (κ1) is 16.5. The van der Waals surface area contributed by atoms with Gasteiger partial charge in [0.05, 0.1) is 19.8 Å². The van der Waals surface area contributed by atoms with Crippen LogP contribution in [0, 0.1) is 0 Å². The minimum absolute atomic E-state index is 0.218. The number of ether oxygens (including phenoxy) is 2. The van der Waals surface area contributed by atoms with E-state index in [4.69, 9.17) is 9.47 Å². The van der Waals surface area contributed by atoms with Crippen LogP contribution in [0.2, 0.25) is 0 Å². The quantitative estimate of drug-likeness (QED) is 0.608. The maximum atomic E-state index is 6.00. The fraction of sp³-hybridized carbons (Fsp3) is 0.400. The molecule has 0 atom stereocenters. The Morgan fingerprint density at radius 3 is 2.52 bits per heavy atom. The van der Waals surface area contributed by atoms with E-state index in [0.29, 0.717) is 6.61 Å². The summed E-state index contributed by atoms with van der Waals surface area (Å²) in [7, 11) is 0. The molecule has 0 heterocycles. The van der Waals surface area contributed by atoms with E-state index in [9.17, 15) is 0 Å². The van der Waals surface area contributed by atoms with Gasteiger partial charge in [0.2, 0.25) is 0 Å². The summed E-state index contributed by atoms with van der Waals surface area (Å²) < 4.78 is 12.8. The standard InChI is InChI=1S/C20H23BrO2/c1-2-12-23-19-8-6-17(7-9-19)20(10-11-20)15-22-14-16-4-3-5-18(21)13-16/h3-9,13H,2,10-12,14-15H2,1H3. The van der Waals surface area contributed by atoms with Crippen molar-refractivity contribution in [3.8, 4) is 5.75 Å². The topological polar surface area (TPSA) is 18.5 Å². The molecule has 2 aromatic carbocycles. The van der Waals surface area contributed by atoms with Crippen molar-refractivity contribution in [3.05, 3.63) is 64.1 Å². The highest BCUT2D eigenvalue weighted by Gasteiger charge is 2.44. The van der Waals surface area contributed by atoms with E-state index in [0.717, 1.165) is 29.9 Å². The van der Waals surface area contributed by atoms with Crippen molar-refractivity contribution in [3.63, 3.8) is 0 Å². The van der Waals surface area contributed by atoms with Gasteiger partial charge in [-0.1, -0.05) is 47.1 Å². The summed E-state index contributed by atoms with van der Waals surface area (Å²) in [5, 5.41) is 0. The van der Waals surface area contributed by atoms with Crippen molar-refractivity contribution >= 4 is 15.9 Å². The molecule has 122 valence electrons. The monoisotopic (exact) mass is 374 g/mol. The first-order valence-electron chi connectivity index (χ1n) is 8.27. The molecule has 1 fully saturated rings. The summed E-state index contributed by atoms with van der Waals surface area (Å²) >= 11 is 3.50. The van der Waals surface area contributed by atoms with Gasteiger partial charge in [0.25, 0.3) is 0 Å². The summed E-state index contributed by atoms with van der Waals surface area (Å²) in [6, 6.07) is 16.8. The Balaban J connectivity index is 1.55. The molecule has 1 aliphatic rings. The molecule has 0 unspecified atom stereocenters. The second-order valence-corrected chi connectivity index (χ2v) is 7.19. The normalized spacial score (nSPS) is 15.4. The molecule has 0 amide bonds. The predicted molar refractivity (Wildman–Crippen MR) is 96.9 cm³/mol. The van der Waals surface area contributed by atoms with E-state index in [-0.39, 0.29) is 5.41 Å². The molecule has 1 saturated carbocycles. The first-order chi connectivity index (χ1) is 11.2. The fourth-order valence-electron chi connectivity index (χ4n) is 2.78. The van der Waals surface area contributed by atoms with Crippen LogP contribution < -0.4 is 4.74 Å². The van der Waals surface area contributed by atoms with E-state index in [1.54, 1.807) is 0 Å². The smallest absolute Gasteiger partial charge is 0.119 e. The molecule has 0 aliphatic heterocycles. The van der Waals surface area contributed by atoms with Crippen molar-refractivity contribution in [1.82, 2.24) is 0 Å². The summed E-state index contributed by atoms with van der Waals surface area (Å²) in [5.74, 6) is 0.960. The van der Waals surface area contributed by atoms with Crippen LogP contribution in [0.25, 0.3) is 0 Å². The molecule has 0 spiro atoms. The maximum absolute atomic E-state index is 6.00. The first-order valence-corrected chi connectivity index (χ1v) is 9.07. The van der Waals surface area contributed by atoms with Crippen molar-refractivity contribution in [2.24, 2.45) is 0 Å². The number of benzene rings is 2. The summed E-state index contributed by atoms with van der Waals surface area (Å²) in [4.78, 5) is 0. The van der Waals surface area contributed by atoms with E-state index < -0.39 is 0 Å². The van der Waals surface area contributed by atoms with Crippen LogP contribution in [0.1, 0.15) is 37.3 Å². The van der Waals surface area contributed by atoms with Gasteiger partial charge in [-0.15, -0.1) is 0 Å². The van der Waals surface area contributed by atoms with Crippen LogP contribution in [0.5, 0.6) is 5.75 Å². The Morgan fingerprint density at radius 2 is 1.87 bits per heavy atom. The number of halogens is 1. The zero-order valence-electron chi connectivity index (χ0n) is 13.6. The molecular formula is C20H23BrO2. The SMILES string of the molecule is CCCOc1ccc(C2(COCc3cccc(Br)c3)CC2)cc1. The van der Waals surface area contributed by atoms with Crippen molar-refractivity contribution < 1.29 is 9.47 Å². The summed E-state index contributed by atoms with van der Waals surface area (Å²) in [6.45, 7) is 4.35. The largest absolute Gasteiger partial charge is 0.494 e. The van der Waals surface area contributed by atoms with Crippen molar-refractivity contribution in [2.45, 2.75) is 38.2 Å². The Kier molecular flexibility index (Phi) is 5.39. The van der Waals surface area contributed by atoms with Gasteiger partial charge in [0.15, 0.2) is 0 Å². The minimum atomic E-state index is 0.218. The average Bonchev–Trinajstić information content (AvgIpc) is 3.34. The third-order valence-electron chi connectivity index (χ3n) is 4.33. The summed E-state index contributed by atoms with van der Waals surface area (Å²) in [6.07, 6.45) is 3.45. The Hall–Kier alpha value is -1.32. The van der Waals surface area contributed by atoms with Gasteiger partial charge in [-0.25, -0.2) is 0 Å². The number of rotatable bonds is 8. The molecule has 2 aromatic rings. The van der Waals surface area contributed by atoms with Crippen LogP contribution >= 0.6 is 15.9 Å². The lowest BCUT2D eigenvalue weighted by Gasteiger charge is -2.17. The Morgan fingerprint density at radius 1 is 1.09 bits per heavy atom. The van der Waals surface area contributed by atoms with Gasteiger partial charge in [-0.05, 0) is 54.7 Å². The highest BCUT2D eigenvalue weighted by Crippen LogP contribution is 2.48. The molecule has 0 radical (unpaired) electrons. The lowest BCUT2D eigenvalue weighted by Crippen LogP contribution is -2.15. The molecule has 0 bridgehead atoms. The number of hydrogen-bond acceptors (Lipinski definition) is 2. The van der Waals surface area contributed by atoms with Crippen molar-refractivity contribution in [2.75, 3.05) is 13.2 Å². The molecule has 0 N–H and O–H groups in total. The molecule has 0 saturated heterocycles. The van der Waals surface area contributed by atoms with Crippen molar-refractivity contribution in [1.29, 1.82) is 0 Å². The zero-order valence-corrected chi connectivity index (χ0v) is 15.1. The van der Waals surface area contributed by atoms with Crippen LogP contribution in [0.3, 0.4) is 0 Å². The van der Waals surface area contributed by atoms with Crippen LogP contribution in [-0.2, 0) is 16.8 Å². The molecule has 3 rings (SSSR count). The maximum Gasteiger partial charge on any atom is 0.119 e. The highest BCUT2D eigenvalue weighted by molar-refractivity contribution is 9.10. The fourth-order valence-corrected chi connectivity index (χ4v) is 3.23. The second kappa shape index (κ2) is 7.50. The van der Waals surface area contributed by atoms with Gasteiger partial charge in [-0.3, -0.25) is 0 Å². The lowest BCUT2D eigenvalue weighted by atomic mass is 9.97. The second-order valence-electron chi connectivity index (χ2n) is 6.28. The zero-order chi connectivity index (χ0) is 16.1. The van der Waals surface area contributed by atoms with Gasteiger partial charge >= 0.3 is 0 Å². The molecule has 23 heavy (non-hydrogen) atoms. The van der Waals surface area contributed by atoms with E-state index in [2.05, 4.69) is 59.3 Å². The van der Waals surface area contributed by atoms with Gasteiger partial charge in [0, 0.05) is 9.89 Å². The minimum Gasteiger partial charge on any atom is -0.494 e. The van der Waals surface area contributed by atoms with Crippen LogP contribution in [0.4, 0.5) is 0 Å². The third-order valence-corrected chi connectivity index (χ3v) is 4.82. The summed E-state index contributed by atoms with van der Waals surface area (Å²) in [5.41, 5.74) is 2.80. The molecular weight excluding hydrogens is 352 g/mol. The van der Waals surface area contributed by atoms with E-state index >= 15 is 0 Å². The van der Waals surface area contributed by atoms with Gasteiger partial charge in [-0.2, -0.15) is 0 Å².